The standard InChI is InChI=1S/C19H25N3O3/c1-2-25-17-11-16(23)19(17)7-9-22(10-8-19)18(24)13-21-15-5-3-14(12-20)4-6-15/h3-6,16-17,21,23H,2,7-11,13H2,1H3. The first-order chi connectivity index (χ1) is 12.1. The Balaban J connectivity index is 1.49. The molecule has 2 N–H and O–H groups in total. The number of rotatable bonds is 5. The van der Waals surface area contributed by atoms with Crippen molar-refractivity contribution in [2.45, 2.75) is 38.4 Å². The third-order valence-electron chi connectivity index (χ3n) is 5.61. The quantitative estimate of drug-likeness (QED) is 0.851. The summed E-state index contributed by atoms with van der Waals surface area (Å²) in [6.07, 6.45) is 2.12. The number of carbonyl (C=O) groups excluding carboxylic acids is 1. The minimum atomic E-state index is -0.307. The van der Waals surface area contributed by atoms with Gasteiger partial charge in [0.1, 0.15) is 0 Å². The van der Waals surface area contributed by atoms with Crippen molar-refractivity contribution < 1.29 is 14.6 Å². The number of aliphatic hydroxyl groups excluding tert-OH is 1. The maximum Gasteiger partial charge on any atom is 0.241 e. The molecule has 25 heavy (non-hydrogen) atoms. The summed E-state index contributed by atoms with van der Waals surface area (Å²) in [6.45, 7) is 4.20. The summed E-state index contributed by atoms with van der Waals surface area (Å²) < 4.78 is 5.76. The lowest BCUT2D eigenvalue weighted by Crippen LogP contribution is -2.63. The highest BCUT2D eigenvalue weighted by molar-refractivity contribution is 5.81. The molecule has 2 aliphatic rings. The highest BCUT2D eigenvalue weighted by Crippen LogP contribution is 2.50. The third kappa shape index (κ3) is 3.48. The third-order valence-corrected chi connectivity index (χ3v) is 5.61. The molecule has 1 aromatic carbocycles. The van der Waals surface area contributed by atoms with Crippen LogP contribution in [-0.2, 0) is 9.53 Å². The molecule has 134 valence electrons. The van der Waals surface area contributed by atoms with E-state index in [1.54, 1.807) is 24.3 Å². The lowest BCUT2D eigenvalue weighted by molar-refractivity contribution is -0.209. The van der Waals surface area contributed by atoms with Gasteiger partial charge in [-0.2, -0.15) is 5.26 Å². The van der Waals surface area contributed by atoms with E-state index in [2.05, 4.69) is 11.4 Å². The molecule has 0 aromatic heterocycles. The molecule has 6 nitrogen and oxygen atoms in total. The maximum absolute atomic E-state index is 12.4. The summed E-state index contributed by atoms with van der Waals surface area (Å²) in [7, 11) is 0. The normalized spacial score (nSPS) is 24.4. The molecule has 0 radical (unpaired) electrons. The summed E-state index contributed by atoms with van der Waals surface area (Å²) in [5, 5.41) is 22.1. The van der Waals surface area contributed by atoms with Crippen molar-refractivity contribution in [1.82, 2.24) is 4.90 Å². The maximum atomic E-state index is 12.4. The first-order valence-electron chi connectivity index (χ1n) is 8.90. The first kappa shape index (κ1) is 17.7. The van der Waals surface area contributed by atoms with Crippen LogP contribution >= 0.6 is 0 Å². The Hall–Kier alpha value is -2.10. The molecule has 1 saturated carbocycles. The van der Waals surface area contributed by atoms with Crippen LogP contribution in [0.1, 0.15) is 31.7 Å². The van der Waals surface area contributed by atoms with Crippen LogP contribution in [0.2, 0.25) is 0 Å². The Morgan fingerprint density at radius 2 is 2.08 bits per heavy atom. The van der Waals surface area contributed by atoms with E-state index in [4.69, 9.17) is 10.00 Å². The van der Waals surface area contributed by atoms with Crippen LogP contribution in [0.3, 0.4) is 0 Å². The van der Waals surface area contributed by atoms with Crippen molar-refractivity contribution in [2.75, 3.05) is 31.6 Å². The van der Waals surface area contributed by atoms with Crippen LogP contribution in [0.4, 0.5) is 5.69 Å². The number of piperidine rings is 1. The van der Waals surface area contributed by atoms with E-state index in [9.17, 15) is 9.90 Å². The molecule has 3 rings (SSSR count). The average Bonchev–Trinajstić information content (AvgIpc) is 2.66. The second kappa shape index (κ2) is 7.42. The van der Waals surface area contributed by atoms with Gasteiger partial charge in [-0.15, -0.1) is 0 Å². The van der Waals surface area contributed by atoms with E-state index < -0.39 is 0 Å². The Kier molecular flexibility index (Phi) is 5.26. The highest BCUT2D eigenvalue weighted by atomic mass is 16.5. The number of hydrogen-bond donors (Lipinski definition) is 2. The monoisotopic (exact) mass is 343 g/mol. The van der Waals surface area contributed by atoms with Gasteiger partial charge >= 0.3 is 0 Å². The van der Waals surface area contributed by atoms with Crippen LogP contribution in [0.25, 0.3) is 0 Å². The predicted octanol–water partition coefficient (Wildman–Crippen LogP) is 1.75. The van der Waals surface area contributed by atoms with Gasteiger partial charge in [-0.05, 0) is 44.0 Å². The number of nitrogens with one attached hydrogen (secondary N) is 1. The van der Waals surface area contributed by atoms with E-state index in [-0.39, 0.29) is 30.1 Å². The fourth-order valence-corrected chi connectivity index (χ4v) is 3.94. The number of carbonyl (C=O) groups is 1. The first-order valence-corrected chi connectivity index (χ1v) is 8.90. The Bertz CT molecular complexity index is 643. The topological polar surface area (TPSA) is 85.6 Å². The van der Waals surface area contributed by atoms with Crippen molar-refractivity contribution in [3.8, 4) is 6.07 Å². The second-order valence-corrected chi connectivity index (χ2v) is 6.85. The zero-order valence-electron chi connectivity index (χ0n) is 14.6. The van der Waals surface area contributed by atoms with Crippen LogP contribution in [-0.4, -0.2) is 54.4 Å². The molecule has 2 fully saturated rings. The summed E-state index contributed by atoms with van der Waals surface area (Å²) in [4.78, 5) is 14.3. The van der Waals surface area contributed by atoms with E-state index in [1.807, 2.05) is 11.8 Å². The minimum Gasteiger partial charge on any atom is -0.392 e. The zero-order chi connectivity index (χ0) is 17.9. The smallest absolute Gasteiger partial charge is 0.241 e. The fourth-order valence-electron chi connectivity index (χ4n) is 3.94. The molecule has 1 saturated heterocycles. The molecule has 1 heterocycles. The molecule has 2 unspecified atom stereocenters. The van der Waals surface area contributed by atoms with E-state index in [0.717, 1.165) is 18.5 Å². The molecule has 1 aliphatic carbocycles. The molecule has 1 aliphatic heterocycles. The number of benzene rings is 1. The molecular formula is C19H25N3O3. The van der Waals surface area contributed by atoms with Crippen LogP contribution in [0.5, 0.6) is 0 Å². The van der Waals surface area contributed by atoms with Gasteiger partial charge in [0, 0.05) is 37.2 Å². The summed E-state index contributed by atoms with van der Waals surface area (Å²) in [5.74, 6) is 0.0565. The molecule has 2 atom stereocenters. The highest BCUT2D eigenvalue weighted by Gasteiger charge is 2.56. The molecule has 1 spiro atoms. The van der Waals surface area contributed by atoms with E-state index in [1.165, 1.54) is 0 Å². The summed E-state index contributed by atoms with van der Waals surface area (Å²) >= 11 is 0. The van der Waals surface area contributed by atoms with Gasteiger partial charge in [-0.3, -0.25) is 4.79 Å². The fraction of sp³-hybridized carbons (Fsp3) is 0.579. The molecule has 6 heteroatoms. The lowest BCUT2D eigenvalue weighted by Gasteiger charge is -2.56. The Morgan fingerprint density at radius 1 is 1.40 bits per heavy atom. The summed E-state index contributed by atoms with van der Waals surface area (Å²) in [6, 6.07) is 9.12. The van der Waals surface area contributed by atoms with Gasteiger partial charge in [0.2, 0.25) is 5.91 Å². The van der Waals surface area contributed by atoms with Crippen molar-refractivity contribution in [1.29, 1.82) is 5.26 Å². The van der Waals surface area contributed by atoms with Crippen molar-refractivity contribution in [3.05, 3.63) is 29.8 Å². The predicted molar refractivity (Wildman–Crippen MR) is 93.9 cm³/mol. The number of anilines is 1. The molecule has 1 amide bonds. The molecule has 1 aromatic rings. The van der Waals surface area contributed by atoms with Crippen LogP contribution in [0.15, 0.2) is 24.3 Å². The largest absolute Gasteiger partial charge is 0.392 e. The number of ether oxygens (including phenoxy) is 1. The second-order valence-electron chi connectivity index (χ2n) is 6.85. The number of amides is 1. The average molecular weight is 343 g/mol. The number of likely N-dealkylation sites (tertiary alicyclic amines) is 1. The van der Waals surface area contributed by atoms with Gasteiger partial charge < -0.3 is 20.1 Å². The van der Waals surface area contributed by atoms with E-state index >= 15 is 0 Å². The van der Waals surface area contributed by atoms with Crippen molar-refractivity contribution in [2.24, 2.45) is 5.41 Å². The number of nitrogens with zero attached hydrogens (tertiary/aromatic N) is 2. The number of aliphatic hydroxyl groups is 1. The van der Waals surface area contributed by atoms with Crippen LogP contribution in [0, 0.1) is 16.7 Å². The summed E-state index contributed by atoms with van der Waals surface area (Å²) in [5.41, 5.74) is 1.26. The van der Waals surface area contributed by atoms with Crippen molar-refractivity contribution in [3.63, 3.8) is 0 Å². The van der Waals surface area contributed by atoms with Gasteiger partial charge in [-0.1, -0.05) is 0 Å². The SMILES string of the molecule is CCOC1CC(O)C12CCN(C(=O)CNc1ccc(C#N)cc1)CC2. The lowest BCUT2D eigenvalue weighted by atomic mass is 9.58. The van der Waals surface area contributed by atoms with Gasteiger partial charge in [0.15, 0.2) is 0 Å². The van der Waals surface area contributed by atoms with Gasteiger partial charge in [-0.25, -0.2) is 0 Å². The Morgan fingerprint density at radius 3 is 2.64 bits per heavy atom. The van der Waals surface area contributed by atoms with Gasteiger partial charge in [0.25, 0.3) is 0 Å². The molecule has 0 bridgehead atoms. The molecular weight excluding hydrogens is 318 g/mol. The minimum absolute atomic E-state index is 0.0565. The van der Waals surface area contributed by atoms with Crippen LogP contribution < -0.4 is 5.32 Å². The van der Waals surface area contributed by atoms with E-state index in [0.29, 0.717) is 31.7 Å². The Labute approximate surface area is 148 Å². The van der Waals surface area contributed by atoms with Gasteiger partial charge in [0.05, 0.1) is 30.4 Å². The number of hydrogen-bond acceptors (Lipinski definition) is 5. The van der Waals surface area contributed by atoms with Crippen molar-refractivity contribution >= 4 is 11.6 Å². The number of nitriles is 1. The zero-order valence-corrected chi connectivity index (χ0v) is 14.6.